The fourth-order valence-corrected chi connectivity index (χ4v) is 9.37. The third-order valence-electron chi connectivity index (χ3n) is 14.5. The van der Waals surface area contributed by atoms with Crippen molar-refractivity contribution in [2.24, 2.45) is 0 Å². The molecule has 3 aliphatic heterocycles. The van der Waals surface area contributed by atoms with Gasteiger partial charge in [-0.15, -0.1) is 0 Å². The lowest BCUT2D eigenvalue weighted by atomic mass is 9.90. The van der Waals surface area contributed by atoms with E-state index in [2.05, 4.69) is 31.8 Å². The van der Waals surface area contributed by atoms with E-state index in [4.69, 9.17) is 44.5 Å². The number of nitrogens with one attached hydrogen (secondary N) is 1. The molecule has 0 radical (unpaired) electrons. The second kappa shape index (κ2) is 52.7. The van der Waals surface area contributed by atoms with Crippen molar-refractivity contribution in [1.82, 2.24) is 20.0 Å². The fourth-order valence-electron chi connectivity index (χ4n) is 9.37. The van der Waals surface area contributed by atoms with E-state index >= 15 is 0 Å². The number of nitrogens with zero attached hydrogens (tertiary/aromatic N) is 5. The van der Waals surface area contributed by atoms with Crippen LogP contribution in [0.3, 0.4) is 0 Å². The molecule has 3 saturated heterocycles. The van der Waals surface area contributed by atoms with Crippen LogP contribution < -0.4 is 15.1 Å². The van der Waals surface area contributed by atoms with Crippen LogP contribution in [0.2, 0.25) is 0 Å². The second-order valence-corrected chi connectivity index (χ2v) is 21.0. The van der Waals surface area contributed by atoms with E-state index in [9.17, 15) is 23.6 Å². The second-order valence-electron chi connectivity index (χ2n) is 21.0. The van der Waals surface area contributed by atoms with Crippen molar-refractivity contribution in [3.63, 3.8) is 0 Å². The number of benzene rings is 3. The Balaban J connectivity index is -0.000000209. The van der Waals surface area contributed by atoms with Gasteiger partial charge >= 0.3 is 5.97 Å². The summed E-state index contributed by atoms with van der Waals surface area (Å²) in [5, 5.41) is 46.1. The number of ketones is 3. The van der Waals surface area contributed by atoms with Crippen LogP contribution in [-0.2, 0) is 23.7 Å². The Labute approximate surface area is 535 Å². The normalized spacial score (nSPS) is 13.9. The highest BCUT2D eigenvalue weighted by atomic mass is 19.1. The summed E-state index contributed by atoms with van der Waals surface area (Å²) in [6, 6.07) is 20.8. The molecule has 0 amide bonds. The van der Waals surface area contributed by atoms with E-state index in [1.807, 2.05) is 95.0 Å². The number of carbonyl (C=O) groups excluding carboxylic acids is 4. The van der Waals surface area contributed by atoms with E-state index in [0.717, 1.165) is 76.5 Å². The van der Waals surface area contributed by atoms with Crippen molar-refractivity contribution >= 4 is 34.7 Å². The number of unbranched alkanes of at least 4 members (excludes halogenated alkanes) is 2. The quantitative estimate of drug-likeness (QED) is 0.0289. The van der Waals surface area contributed by atoms with Gasteiger partial charge in [-0.1, -0.05) is 51.0 Å². The van der Waals surface area contributed by atoms with Gasteiger partial charge in [0.05, 0.1) is 89.2 Å². The highest BCUT2D eigenvalue weighted by Gasteiger charge is 2.38. The number of Topliss-reactive ketones (excluding diaryl/α,β-unsaturated/α-hetero) is 3. The first kappa shape index (κ1) is 97.7. The van der Waals surface area contributed by atoms with E-state index in [0.29, 0.717) is 102 Å². The molecule has 3 aliphatic rings. The Hall–Kier alpha value is -4.93. The van der Waals surface area contributed by atoms with Gasteiger partial charge in [-0.05, 0) is 134 Å². The van der Waals surface area contributed by atoms with Crippen molar-refractivity contribution in [1.29, 1.82) is 0 Å². The third-order valence-corrected chi connectivity index (χ3v) is 14.5. The third kappa shape index (κ3) is 32.8. The number of hydrogen-bond donors (Lipinski definition) is 6. The summed E-state index contributed by atoms with van der Waals surface area (Å²) in [5.74, 6) is -0.300. The van der Waals surface area contributed by atoms with Gasteiger partial charge in [0.1, 0.15) is 12.4 Å². The summed E-state index contributed by atoms with van der Waals surface area (Å²) in [6.07, 6.45) is 2.69. The van der Waals surface area contributed by atoms with Crippen LogP contribution in [0.25, 0.3) is 0 Å². The maximum absolute atomic E-state index is 13.1. The van der Waals surface area contributed by atoms with Gasteiger partial charge in [0.2, 0.25) is 0 Å². The summed E-state index contributed by atoms with van der Waals surface area (Å²) in [5.41, 5.74) is 2.09. The molecule has 3 heterocycles. The summed E-state index contributed by atoms with van der Waals surface area (Å²) < 4.78 is 34.3. The predicted octanol–water partition coefficient (Wildman–Crippen LogP) is 5.70. The summed E-state index contributed by atoms with van der Waals surface area (Å²) >= 11 is 0. The van der Waals surface area contributed by atoms with Gasteiger partial charge in [-0.25, -0.2) is 4.39 Å². The number of ether oxygens (including phenoxy) is 4. The molecule has 0 aromatic heterocycles. The average Bonchev–Trinajstić information content (AvgIpc) is 1.26. The molecule has 23 heteroatoms. The van der Waals surface area contributed by atoms with Crippen LogP contribution in [0.4, 0.5) is 15.8 Å². The number of aliphatic hydroxyl groups excluding tert-OH is 5. The van der Waals surface area contributed by atoms with Gasteiger partial charge < -0.3 is 76.0 Å². The number of aliphatic hydroxyl groups is 5. The maximum atomic E-state index is 13.1. The highest BCUT2D eigenvalue weighted by Crippen LogP contribution is 2.27. The zero-order valence-corrected chi connectivity index (χ0v) is 50.3. The average molecular weight is 1280 g/mol. The molecule has 0 atom stereocenters. The van der Waals surface area contributed by atoms with Gasteiger partial charge in [0.15, 0.2) is 17.3 Å². The maximum Gasteiger partial charge on any atom is 0.305 e. The summed E-state index contributed by atoms with van der Waals surface area (Å²) in [6.45, 7) is 26.5. The summed E-state index contributed by atoms with van der Waals surface area (Å²) in [7, 11) is 0. The molecular formula is C66H125FN6O16. The molecule has 3 fully saturated rings. The van der Waals surface area contributed by atoms with E-state index < -0.39 is 16.6 Å². The number of halogens is 1. The molecule has 89 heavy (non-hydrogen) atoms. The van der Waals surface area contributed by atoms with Crippen LogP contribution in [0, 0.1) is 5.82 Å². The first-order chi connectivity index (χ1) is 38.3. The molecule has 0 saturated carbocycles. The first-order valence-corrected chi connectivity index (χ1v) is 28.3. The number of carbonyl (C=O) groups is 4. The smallest absolute Gasteiger partial charge is 0.305 e. The number of likely N-dealkylation sites (N-methyl/N-ethyl adjacent to an activating group) is 1. The van der Waals surface area contributed by atoms with Crippen molar-refractivity contribution in [3.05, 3.63) is 95.3 Å². The number of rotatable bonds is 28. The fraction of sp³-hybridized carbons (Fsp3) is 0.667. The molecule has 6 rings (SSSR count). The molecule has 12 N–H and O–H groups in total. The van der Waals surface area contributed by atoms with Crippen LogP contribution in [0.5, 0.6) is 0 Å². The van der Waals surface area contributed by atoms with Crippen molar-refractivity contribution in [3.8, 4) is 0 Å². The Morgan fingerprint density at radius 1 is 0.483 bits per heavy atom. The topological polar surface area (TPSA) is 329 Å². The van der Waals surface area contributed by atoms with E-state index in [1.54, 1.807) is 12.1 Å². The SMILES string of the molecule is C.C.C.C.C.C.CC(C)(C(=O)c1ccc(F)cc1)N1CCOCC1.CC(C)(C(=O)c1ccc(N(CCO)CCO)cc1)N1CCOCC1.CCN(CCOC(=O)CCCCCO)c1ccc(C(=O)C(C)(C)N2CCOCC2)cc1.O.O.O.OCCNCCO. The molecule has 0 spiro atoms. The zero-order chi connectivity index (χ0) is 59.0. The van der Waals surface area contributed by atoms with Crippen molar-refractivity contribution in [2.75, 3.05) is 168 Å². The first-order valence-electron chi connectivity index (χ1n) is 28.3. The number of esters is 1. The molecule has 22 nitrogen and oxygen atoms in total. The zero-order valence-electron chi connectivity index (χ0n) is 50.3. The van der Waals surface area contributed by atoms with E-state index in [-0.39, 0.29) is 123 Å². The van der Waals surface area contributed by atoms with Gasteiger partial charge in [-0.3, -0.25) is 33.9 Å². The lowest BCUT2D eigenvalue weighted by molar-refractivity contribution is -0.143. The number of hydrogen-bond acceptors (Lipinski definition) is 19. The van der Waals surface area contributed by atoms with Crippen LogP contribution in [0.15, 0.2) is 72.8 Å². The Morgan fingerprint density at radius 2 is 0.809 bits per heavy atom. The number of anilines is 2. The predicted molar refractivity (Wildman–Crippen MR) is 361 cm³/mol. The van der Waals surface area contributed by atoms with Crippen LogP contribution in [0.1, 0.15) is 150 Å². The van der Waals surface area contributed by atoms with E-state index in [1.165, 1.54) is 12.1 Å². The monoisotopic (exact) mass is 1280 g/mol. The molecular weight excluding hydrogens is 1150 g/mol. The minimum Gasteiger partial charge on any atom is -0.464 e. The Bertz CT molecular complexity index is 2200. The van der Waals surface area contributed by atoms with Crippen LogP contribution >= 0.6 is 0 Å². The highest BCUT2D eigenvalue weighted by molar-refractivity contribution is 6.04. The number of morpholine rings is 3. The van der Waals surface area contributed by atoms with Crippen molar-refractivity contribution < 1.29 is 84.5 Å². The van der Waals surface area contributed by atoms with Crippen molar-refractivity contribution in [2.45, 2.75) is 135 Å². The van der Waals surface area contributed by atoms with Gasteiger partial charge in [0, 0.05) is 113 Å². The minimum absolute atomic E-state index is 0. The molecule has 522 valence electrons. The van der Waals surface area contributed by atoms with Gasteiger partial charge in [-0.2, -0.15) is 0 Å². The lowest BCUT2D eigenvalue weighted by Crippen LogP contribution is -2.54. The largest absolute Gasteiger partial charge is 0.464 e. The Morgan fingerprint density at radius 3 is 1.11 bits per heavy atom. The molecule has 0 bridgehead atoms. The van der Waals surface area contributed by atoms with Gasteiger partial charge in [0.25, 0.3) is 0 Å². The minimum atomic E-state index is -0.582. The summed E-state index contributed by atoms with van der Waals surface area (Å²) in [4.78, 5) is 60.8. The lowest BCUT2D eigenvalue weighted by Gasteiger charge is -2.39. The Kier molecular flexibility index (Phi) is 57.8. The van der Waals surface area contributed by atoms with Crippen LogP contribution in [-0.4, -0.2) is 254 Å². The molecule has 0 aliphatic carbocycles. The molecule has 3 aromatic carbocycles. The molecule has 0 unspecified atom stereocenters. The molecule has 3 aromatic rings. The standard InChI is InChI=1S/C24H38N2O5.C18H28N2O4.C14H18FNO2.C4H11NO2.6CH4.3H2O/c1-4-25(13-19-31-22(28)8-6-5-7-16-27)21-11-9-20(10-12-21)23(29)24(2,3)26-14-17-30-18-15-26;1-18(2,20-9-13-24-14-10-20)17(23)15-3-5-16(6-4-15)19(7-11-21)8-12-22;1-14(2,16-7-9-18-10-8-16)13(17)11-3-5-12(15)6-4-11;6-3-1-5-2-4-7;;;;;;;;;/h9-12,27H,4-8,13-19H2,1-3H3;3-6,21-22H,7-14H2,1-2H3;3-6H,7-10H2,1-2H3;5-7H,1-4H2;6*1H4;3*1H2.